The summed E-state index contributed by atoms with van der Waals surface area (Å²) < 4.78 is 0. The van der Waals surface area contributed by atoms with Gasteiger partial charge >= 0.3 is 5.97 Å². The molecule has 2 unspecified atom stereocenters. The number of carboxylic acid groups (broad SMARTS) is 2. The Bertz CT molecular complexity index is 847. The number of nitrogens with two attached hydrogens (primary N) is 2. The first-order chi connectivity index (χ1) is 17.2. The maximum absolute atomic E-state index is 10.3. The summed E-state index contributed by atoms with van der Waals surface area (Å²) in [6.07, 6.45) is 12.7. The van der Waals surface area contributed by atoms with Crippen molar-refractivity contribution in [3.8, 4) is 0 Å². The minimum atomic E-state index is -0.903. The summed E-state index contributed by atoms with van der Waals surface area (Å²) in [7, 11) is 0. The van der Waals surface area contributed by atoms with Crippen molar-refractivity contribution in [2.24, 2.45) is 23.3 Å². The van der Waals surface area contributed by atoms with Gasteiger partial charge in [0.2, 0.25) is 0 Å². The van der Waals surface area contributed by atoms with Gasteiger partial charge in [-0.05, 0) is 63.5 Å². The molecular weight excluding hydrogens is 452 g/mol. The molecule has 196 valence electrons. The highest BCUT2D eigenvalue weighted by Gasteiger charge is 2.16. The van der Waals surface area contributed by atoms with E-state index in [1.165, 1.54) is 11.1 Å². The minimum Gasteiger partial charge on any atom is -0.550 e. The standard InChI is InChI=1S/2C8H11N.2C7H10O2/c2*1-7(9)8-5-3-2-4-6-8;2*8-7(9)6-4-2-1-3-5-6/h2*2-7H,9H2,1H3;2*1-2,6H,3-5H2,(H,8,9)/p-1/t2*7-;;/m00../s1. The number of hydrogen-bond acceptors (Lipinski definition) is 5. The largest absolute Gasteiger partial charge is 0.550 e. The second kappa shape index (κ2) is 18.1. The molecule has 2 aromatic carbocycles. The van der Waals surface area contributed by atoms with E-state index in [1.807, 2.05) is 98.8 Å². The second-order valence-corrected chi connectivity index (χ2v) is 9.02. The van der Waals surface area contributed by atoms with E-state index in [0.717, 1.165) is 32.1 Å². The van der Waals surface area contributed by atoms with Crippen LogP contribution in [0.4, 0.5) is 0 Å². The lowest BCUT2D eigenvalue weighted by atomic mass is 9.95. The van der Waals surface area contributed by atoms with Crippen molar-refractivity contribution in [2.45, 2.75) is 64.5 Å². The molecule has 36 heavy (non-hydrogen) atoms. The van der Waals surface area contributed by atoms with Gasteiger partial charge in [0, 0.05) is 24.0 Å². The Hall–Kier alpha value is -3.22. The molecule has 0 heterocycles. The van der Waals surface area contributed by atoms with E-state index in [2.05, 4.69) is 0 Å². The Morgan fingerprint density at radius 2 is 1.14 bits per heavy atom. The van der Waals surface area contributed by atoms with Crippen LogP contribution in [0.3, 0.4) is 0 Å². The van der Waals surface area contributed by atoms with Crippen LogP contribution in [0.1, 0.15) is 75.6 Å². The molecule has 5 N–H and O–H groups in total. The van der Waals surface area contributed by atoms with Crippen LogP contribution >= 0.6 is 0 Å². The van der Waals surface area contributed by atoms with Gasteiger partial charge in [0.1, 0.15) is 0 Å². The number of benzene rings is 2. The molecule has 0 amide bonds. The van der Waals surface area contributed by atoms with E-state index in [0.29, 0.717) is 6.42 Å². The average molecular weight is 494 g/mol. The molecule has 0 aliphatic heterocycles. The van der Waals surface area contributed by atoms with Crippen LogP contribution < -0.4 is 16.6 Å². The predicted octanol–water partition coefficient (Wildman–Crippen LogP) is 4.93. The summed E-state index contributed by atoms with van der Waals surface area (Å²) in [6.45, 7) is 3.96. The molecule has 0 spiro atoms. The number of hydrogen-bond donors (Lipinski definition) is 3. The van der Waals surface area contributed by atoms with Crippen LogP contribution in [-0.4, -0.2) is 17.0 Å². The maximum atomic E-state index is 10.3. The average Bonchev–Trinajstić information content (AvgIpc) is 2.92. The molecule has 2 aromatic rings. The molecule has 0 saturated heterocycles. The zero-order valence-corrected chi connectivity index (χ0v) is 21.5. The molecule has 2 aliphatic carbocycles. The summed E-state index contributed by atoms with van der Waals surface area (Å²) in [5, 5.41) is 18.7. The van der Waals surface area contributed by atoms with Crippen molar-refractivity contribution in [3.05, 3.63) is 96.1 Å². The molecular formula is C30H41N2O4-. The van der Waals surface area contributed by atoms with Gasteiger partial charge in [-0.3, -0.25) is 4.79 Å². The first-order valence-corrected chi connectivity index (χ1v) is 12.6. The zero-order valence-electron chi connectivity index (χ0n) is 21.5. The Labute approximate surface area is 215 Å². The minimum absolute atomic E-state index is 0.116. The van der Waals surface area contributed by atoms with E-state index in [-0.39, 0.29) is 23.9 Å². The lowest BCUT2D eigenvalue weighted by Crippen LogP contribution is -2.31. The summed E-state index contributed by atoms with van der Waals surface area (Å²) in [6, 6.07) is 20.4. The Balaban J connectivity index is 0.000000240. The van der Waals surface area contributed by atoms with Crippen LogP contribution in [0.2, 0.25) is 0 Å². The number of carbonyl (C=O) groups is 2. The monoisotopic (exact) mass is 493 g/mol. The van der Waals surface area contributed by atoms with E-state index in [4.69, 9.17) is 16.6 Å². The van der Waals surface area contributed by atoms with Gasteiger partial charge < -0.3 is 26.5 Å². The summed E-state index contributed by atoms with van der Waals surface area (Å²) in [4.78, 5) is 20.5. The fraction of sp³-hybridized carbons (Fsp3) is 0.400. The Morgan fingerprint density at radius 1 is 0.750 bits per heavy atom. The Kier molecular flexibility index (Phi) is 15.5. The van der Waals surface area contributed by atoms with Crippen LogP contribution in [0, 0.1) is 11.8 Å². The molecule has 6 heteroatoms. The SMILES string of the molecule is C[C@H](N)c1ccccc1.C[C@H](N)c1ccccc1.O=C(O)C1CC=CCC1.O=C([O-])C1CC=CCC1. The highest BCUT2D eigenvalue weighted by Crippen LogP contribution is 2.17. The quantitative estimate of drug-likeness (QED) is 0.518. The molecule has 4 atom stereocenters. The van der Waals surface area contributed by atoms with E-state index in [1.54, 1.807) is 0 Å². The van der Waals surface area contributed by atoms with Crippen LogP contribution in [0.15, 0.2) is 85.0 Å². The molecule has 0 bridgehead atoms. The number of carbonyl (C=O) groups excluding carboxylic acids is 1. The van der Waals surface area contributed by atoms with Gasteiger partial charge in [-0.1, -0.05) is 85.0 Å². The zero-order chi connectivity index (χ0) is 26.8. The van der Waals surface area contributed by atoms with Crippen molar-refractivity contribution in [1.29, 1.82) is 0 Å². The Morgan fingerprint density at radius 3 is 1.33 bits per heavy atom. The molecule has 0 radical (unpaired) electrons. The molecule has 4 rings (SSSR count). The van der Waals surface area contributed by atoms with Crippen LogP contribution in [-0.2, 0) is 9.59 Å². The van der Waals surface area contributed by atoms with Crippen molar-refractivity contribution in [2.75, 3.05) is 0 Å². The third-order valence-corrected chi connectivity index (χ3v) is 5.87. The van der Waals surface area contributed by atoms with Crippen molar-refractivity contribution >= 4 is 11.9 Å². The normalized spacial score (nSPS) is 19.6. The van der Waals surface area contributed by atoms with Crippen LogP contribution in [0.25, 0.3) is 0 Å². The van der Waals surface area contributed by atoms with Gasteiger partial charge in [0.25, 0.3) is 0 Å². The number of allylic oxidation sites excluding steroid dienone is 4. The number of carboxylic acids is 2. The second-order valence-electron chi connectivity index (χ2n) is 9.02. The van der Waals surface area contributed by atoms with Gasteiger partial charge in [0.15, 0.2) is 0 Å². The lowest BCUT2D eigenvalue weighted by Gasteiger charge is -2.17. The van der Waals surface area contributed by atoms with Crippen molar-refractivity contribution in [3.63, 3.8) is 0 Å². The summed E-state index contributed by atoms with van der Waals surface area (Å²) >= 11 is 0. The topological polar surface area (TPSA) is 129 Å². The highest BCUT2D eigenvalue weighted by atomic mass is 16.4. The number of rotatable bonds is 4. The van der Waals surface area contributed by atoms with E-state index < -0.39 is 11.9 Å². The predicted molar refractivity (Wildman–Crippen MR) is 144 cm³/mol. The fourth-order valence-electron chi connectivity index (χ4n) is 3.54. The third-order valence-electron chi connectivity index (χ3n) is 5.87. The van der Waals surface area contributed by atoms with Gasteiger partial charge in [-0.15, -0.1) is 0 Å². The van der Waals surface area contributed by atoms with E-state index >= 15 is 0 Å². The molecule has 6 nitrogen and oxygen atoms in total. The maximum Gasteiger partial charge on any atom is 0.306 e. The highest BCUT2D eigenvalue weighted by molar-refractivity contribution is 5.70. The smallest absolute Gasteiger partial charge is 0.306 e. The first-order valence-electron chi connectivity index (χ1n) is 12.6. The first kappa shape index (κ1) is 30.8. The number of aliphatic carboxylic acids is 2. The van der Waals surface area contributed by atoms with Crippen molar-refractivity contribution in [1.82, 2.24) is 0 Å². The van der Waals surface area contributed by atoms with Crippen molar-refractivity contribution < 1.29 is 19.8 Å². The van der Waals surface area contributed by atoms with Crippen LogP contribution in [0.5, 0.6) is 0 Å². The van der Waals surface area contributed by atoms with Gasteiger partial charge in [-0.2, -0.15) is 0 Å². The third kappa shape index (κ3) is 13.6. The summed E-state index contributed by atoms with van der Waals surface area (Å²) in [5.41, 5.74) is 13.6. The lowest BCUT2D eigenvalue weighted by molar-refractivity contribution is -0.311. The van der Waals surface area contributed by atoms with Gasteiger partial charge in [0.05, 0.1) is 5.92 Å². The van der Waals surface area contributed by atoms with E-state index in [9.17, 15) is 14.7 Å². The molecule has 0 fully saturated rings. The molecule has 0 saturated carbocycles. The fourth-order valence-corrected chi connectivity index (χ4v) is 3.54. The van der Waals surface area contributed by atoms with Gasteiger partial charge in [-0.25, -0.2) is 0 Å². The molecule has 0 aromatic heterocycles. The molecule has 2 aliphatic rings. The summed E-state index contributed by atoms with van der Waals surface area (Å²) in [5.74, 6) is -1.90.